The molecule has 5 nitrogen and oxygen atoms in total. The molecule has 5 heteroatoms. The van der Waals surface area contributed by atoms with E-state index in [9.17, 15) is 9.59 Å². The van der Waals surface area contributed by atoms with Gasteiger partial charge in [-0.3, -0.25) is 14.5 Å². The summed E-state index contributed by atoms with van der Waals surface area (Å²) in [5.74, 6) is 0.710. The molecule has 1 aliphatic carbocycles. The summed E-state index contributed by atoms with van der Waals surface area (Å²) in [5.41, 5.74) is 0. The second-order valence-corrected chi connectivity index (χ2v) is 4.83. The number of carbonyl (C=O) groups excluding carboxylic acids is 2. The Morgan fingerprint density at radius 3 is 2.35 bits per heavy atom. The molecule has 0 aromatic rings. The zero-order chi connectivity index (χ0) is 12.3. The van der Waals surface area contributed by atoms with E-state index in [2.05, 4.69) is 10.2 Å². The van der Waals surface area contributed by atoms with Crippen molar-refractivity contribution in [3.63, 3.8) is 0 Å². The summed E-state index contributed by atoms with van der Waals surface area (Å²) in [6, 6.07) is 0. The van der Waals surface area contributed by atoms with E-state index < -0.39 is 0 Å². The van der Waals surface area contributed by atoms with Crippen molar-refractivity contribution in [2.45, 2.75) is 19.8 Å². The molecule has 1 aliphatic heterocycles. The third-order valence-corrected chi connectivity index (χ3v) is 3.35. The first-order valence-corrected chi connectivity index (χ1v) is 6.48. The quantitative estimate of drug-likeness (QED) is 0.731. The van der Waals surface area contributed by atoms with Gasteiger partial charge in [-0.05, 0) is 19.8 Å². The highest BCUT2D eigenvalue weighted by Crippen LogP contribution is 2.31. The molecule has 0 radical (unpaired) electrons. The van der Waals surface area contributed by atoms with Crippen molar-refractivity contribution >= 4 is 11.8 Å². The number of hydrogen-bond donors (Lipinski definition) is 1. The van der Waals surface area contributed by atoms with E-state index in [1.54, 1.807) is 0 Å². The van der Waals surface area contributed by atoms with Gasteiger partial charge in [0.05, 0.1) is 6.54 Å². The number of carbonyl (C=O) groups is 2. The number of likely N-dealkylation sites (N-methyl/N-ethyl adjacent to an activating group) is 1. The third-order valence-electron chi connectivity index (χ3n) is 3.35. The molecule has 1 heterocycles. The van der Waals surface area contributed by atoms with E-state index in [0.29, 0.717) is 24.9 Å². The first-order valence-electron chi connectivity index (χ1n) is 6.48. The van der Waals surface area contributed by atoms with Crippen molar-refractivity contribution in [1.29, 1.82) is 0 Å². The van der Waals surface area contributed by atoms with E-state index in [4.69, 9.17) is 0 Å². The van der Waals surface area contributed by atoms with Crippen LogP contribution in [0.15, 0.2) is 0 Å². The van der Waals surface area contributed by atoms with Crippen LogP contribution in [0.4, 0.5) is 0 Å². The van der Waals surface area contributed by atoms with Crippen molar-refractivity contribution < 1.29 is 9.59 Å². The van der Waals surface area contributed by atoms with Gasteiger partial charge < -0.3 is 10.2 Å². The van der Waals surface area contributed by atoms with Gasteiger partial charge >= 0.3 is 0 Å². The van der Waals surface area contributed by atoms with Crippen LogP contribution in [0.3, 0.4) is 0 Å². The molecule has 0 spiro atoms. The zero-order valence-electron chi connectivity index (χ0n) is 10.4. The molecule has 2 fully saturated rings. The van der Waals surface area contributed by atoms with Crippen LogP contribution in [0.5, 0.6) is 0 Å². The van der Waals surface area contributed by atoms with Crippen LogP contribution in [0.2, 0.25) is 0 Å². The third kappa shape index (κ3) is 3.43. The first-order chi connectivity index (χ1) is 8.20. The standard InChI is InChI=1S/C12H21N3O2/c1-2-13-11(16)9-14-5-7-15(8-6-14)12(17)10-3-4-10/h10H,2-9H2,1H3,(H,13,16). The molecule has 2 aliphatic rings. The zero-order valence-corrected chi connectivity index (χ0v) is 10.4. The molecule has 0 unspecified atom stereocenters. The Labute approximate surface area is 102 Å². The number of nitrogens with one attached hydrogen (secondary N) is 1. The highest BCUT2D eigenvalue weighted by molar-refractivity contribution is 5.81. The van der Waals surface area contributed by atoms with Gasteiger partial charge in [0.1, 0.15) is 0 Å². The Bertz CT molecular complexity index is 294. The van der Waals surface area contributed by atoms with Crippen LogP contribution in [0.1, 0.15) is 19.8 Å². The van der Waals surface area contributed by atoms with Gasteiger partial charge in [-0.15, -0.1) is 0 Å². The molecular formula is C12H21N3O2. The van der Waals surface area contributed by atoms with Gasteiger partial charge in [-0.25, -0.2) is 0 Å². The fraction of sp³-hybridized carbons (Fsp3) is 0.833. The van der Waals surface area contributed by atoms with Crippen LogP contribution in [0, 0.1) is 5.92 Å². The molecule has 96 valence electrons. The molecule has 2 amide bonds. The topological polar surface area (TPSA) is 52.7 Å². The summed E-state index contributed by atoms with van der Waals surface area (Å²) >= 11 is 0. The number of amides is 2. The predicted molar refractivity (Wildman–Crippen MR) is 64.4 cm³/mol. The normalized spacial score (nSPS) is 21.4. The fourth-order valence-electron chi connectivity index (χ4n) is 2.17. The highest BCUT2D eigenvalue weighted by atomic mass is 16.2. The average Bonchev–Trinajstić information content (AvgIpc) is 3.13. The molecule has 2 rings (SSSR count). The smallest absolute Gasteiger partial charge is 0.234 e. The van der Waals surface area contributed by atoms with Gasteiger partial charge in [-0.2, -0.15) is 0 Å². The maximum Gasteiger partial charge on any atom is 0.234 e. The first kappa shape index (κ1) is 12.4. The average molecular weight is 239 g/mol. The lowest BCUT2D eigenvalue weighted by molar-refractivity contribution is -0.134. The second-order valence-electron chi connectivity index (χ2n) is 4.83. The molecular weight excluding hydrogens is 218 g/mol. The van der Waals surface area contributed by atoms with Crippen LogP contribution in [0.25, 0.3) is 0 Å². The molecule has 0 aromatic carbocycles. The maximum absolute atomic E-state index is 11.8. The Morgan fingerprint density at radius 1 is 1.18 bits per heavy atom. The van der Waals surface area contributed by atoms with Crippen LogP contribution in [-0.2, 0) is 9.59 Å². The minimum absolute atomic E-state index is 0.0782. The van der Waals surface area contributed by atoms with Crippen LogP contribution < -0.4 is 5.32 Å². The van der Waals surface area contributed by atoms with Crippen molar-refractivity contribution in [2.24, 2.45) is 5.92 Å². The van der Waals surface area contributed by atoms with E-state index >= 15 is 0 Å². The Morgan fingerprint density at radius 2 is 1.82 bits per heavy atom. The molecule has 0 bridgehead atoms. The molecule has 1 N–H and O–H groups in total. The largest absolute Gasteiger partial charge is 0.355 e. The molecule has 0 aromatic heterocycles. The fourth-order valence-corrected chi connectivity index (χ4v) is 2.17. The summed E-state index contributed by atoms with van der Waals surface area (Å²) < 4.78 is 0. The number of nitrogens with zero attached hydrogens (tertiary/aromatic N) is 2. The maximum atomic E-state index is 11.8. The summed E-state index contributed by atoms with van der Waals surface area (Å²) in [6.45, 7) is 6.23. The van der Waals surface area contributed by atoms with Crippen molar-refractivity contribution in [3.05, 3.63) is 0 Å². The number of piperazine rings is 1. The van der Waals surface area contributed by atoms with E-state index in [1.165, 1.54) is 0 Å². The lowest BCUT2D eigenvalue weighted by Crippen LogP contribution is -2.51. The van der Waals surface area contributed by atoms with Crippen LogP contribution in [-0.4, -0.2) is 60.9 Å². The van der Waals surface area contributed by atoms with Gasteiger partial charge in [0.2, 0.25) is 11.8 Å². The van der Waals surface area contributed by atoms with Gasteiger partial charge in [0.25, 0.3) is 0 Å². The summed E-state index contributed by atoms with van der Waals surface area (Å²) in [7, 11) is 0. The second kappa shape index (κ2) is 5.49. The minimum atomic E-state index is 0.0782. The molecule has 1 saturated heterocycles. The van der Waals surface area contributed by atoms with E-state index in [1.807, 2.05) is 11.8 Å². The predicted octanol–water partition coefficient (Wildman–Crippen LogP) is -0.323. The lowest BCUT2D eigenvalue weighted by atomic mass is 10.2. The number of hydrogen-bond acceptors (Lipinski definition) is 3. The van der Waals surface area contributed by atoms with Crippen molar-refractivity contribution in [3.8, 4) is 0 Å². The van der Waals surface area contributed by atoms with Gasteiger partial charge in [-0.1, -0.05) is 0 Å². The summed E-state index contributed by atoms with van der Waals surface area (Å²) in [5, 5.41) is 2.79. The van der Waals surface area contributed by atoms with Crippen molar-refractivity contribution in [1.82, 2.24) is 15.1 Å². The van der Waals surface area contributed by atoms with E-state index in [0.717, 1.165) is 39.0 Å². The summed E-state index contributed by atoms with van der Waals surface area (Å²) in [4.78, 5) is 27.3. The van der Waals surface area contributed by atoms with Gasteiger partial charge in [0.15, 0.2) is 0 Å². The molecule has 1 saturated carbocycles. The Kier molecular flexibility index (Phi) is 3.99. The monoisotopic (exact) mass is 239 g/mol. The minimum Gasteiger partial charge on any atom is -0.355 e. The molecule has 0 atom stereocenters. The Balaban J connectivity index is 1.70. The lowest BCUT2D eigenvalue weighted by Gasteiger charge is -2.34. The van der Waals surface area contributed by atoms with Crippen LogP contribution >= 0.6 is 0 Å². The van der Waals surface area contributed by atoms with Gasteiger partial charge in [0, 0.05) is 38.6 Å². The SMILES string of the molecule is CCNC(=O)CN1CCN(C(=O)C2CC2)CC1. The number of rotatable bonds is 4. The highest BCUT2D eigenvalue weighted by Gasteiger charge is 2.34. The Hall–Kier alpha value is -1.10. The van der Waals surface area contributed by atoms with E-state index in [-0.39, 0.29) is 5.91 Å². The van der Waals surface area contributed by atoms with Crippen molar-refractivity contribution in [2.75, 3.05) is 39.3 Å². The molecule has 17 heavy (non-hydrogen) atoms. The summed E-state index contributed by atoms with van der Waals surface area (Å²) in [6.07, 6.45) is 2.13.